The Morgan fingerprint density at radius 1 is 1.53 bits per heavy atom. The van der Waals surface area contributed by atoms with Crippen LogP contribution < -0.4 is 0 Å². The number of hydrogen-bond acceptors (Lipinski definition) is 4. The van der Waals surface area contributed by atoms with Crippen LogP contribution >= 0.6 is 0 Å². The molecule has 1 unspecified atom stereocenters. The zero-order valence-electron chi connectivity index (χ0n) is 12.1. The molecule has 0 aliphatic carbocycles. The van der Waals surface area contributed by atoms with Crippen LogP contribution in [0.15, 0.2) is 6.07 Å². The summed E-state index contributed by atoms with van der Waals surface area (Å²) >= 11 is 0. The van der Waals surface area contributed by atoms with E-state index in [1.165, 1.54) is 5.69 Å². The first kappa shape index (κ1) is 14.1. The van der Waals surface area contributed by atoms with Gasteiger partial charge in [-0.05, 0) is 46.2 Å². The fraction of sp³-hybridized carbons (Fsp3) is 0.714. The van der Waals surface area contributed by atoms with E-state index < -0.39 is 0 Å². The molecule has 1 aliphatic heterocycles. The van der Waals surface area contributed by atoms with Crippen LogP contribution in [-0.2, 0) is 22.6 Å². The van der Waals surface area contributed by atoms with Gasteiger partial charge in [-0.15, -0.1) is 0 Å². The fourth-order valence-electron chi connectivity index (χ4n) is 2.73. The zero-order chi connectivity index (χ0) is 13.8. The minimum absolute atomic E-state index is 0.0829. The molecule has 2 heterocycles. The average Bonchev–Trinajstić information content (AvgIpc) is 2.96. The van der Waals surface area contributed by atoms with Crippen LogP contribution in [0.25, 0.3) is 0 Å². The third-order valence-corrected chi connectivity index (χ3v) is 3.57. The third-order valence-electron chi connectivity index (χ3n) is 3.57. The third kappa shape index (κ3) is 3.15. The topological polar surface area (TPSA) is 47.4 Å². The van der Waals surface area contributed by atoms with Gasteiger partial charge in [0.25, 0.3) is 0 Å². The molecule has 0 aromatic carbocycles. The lowest BCUT2D eigenvalue weighted by Crippen LogP contribution is -2.37. The molecule has 0 amide bonds. The predicted octanol–water partition coefficient (Wildman–Crippen LogP) is 1.74. The Labute approximate surface area is 114 Å². The Kier molecular flexibility index (Phi) is 4.58. The summed E-state index contributed by atoms with van der Waals surface area (Å²) in [6.07, 6.45) is 1.96. The van der Waals surface area contributed by atoms with Crippen molar-refractivity contribution in [1.29, 1.82) is 0 Å². The largest absolute Gasteiger partial charge is 0.465 e. The molecule has 1 saturated heterocycles. The van der Waals surface area contributed by atoms with Crippen molar-refractivity contribution in [1.82, 2.24) is 14.7 Å². The van der Waals surface area contributed by atoms with Gasteiger partial charge < -0.3 is 4.74 Å². The van der Waals surface area contributed by atoms with Crippen molar-refractivity contribution in [3.63, 3.8) is 0 Å². The number of aryl methyl sites for hydroxylation is 2. The minimum atomic E-state index is -0.0840. The van der Waals surface area contributed by atoms with Crippen molar-refractivity contribution in [3.8, 4) is 0 Å². The van der Waals surface area contributed by atoms with Crippen LogP contribution in [0.2, 0.25) is 0 Å². The first-order chi connectivity index (χ1) is 9.15. The van der Waals surface area contributed by atoms with E-state index in [-0.39, 0.29) is 12.0 Å². The number of likely N-dealkylation sites (tertiary alicyclic amines) is 1. The Hall–Kier alpha value is -1.36. The second-order valence-electron chi connectivity index (χ2n) is 4.97. The number of aromatic nitrogens is 2. The molecule has 1 aromatic rings. The van der Waals surface area contributed by atoms with Gasteiger partial charge in [-0.25, -0.2) is 0 Å². The zero-order valence-corrected chi connectivity index (χ0v) is 12.1. The number of hydrogen-bond donors (Lipinski definition) is 0. The molecule has 0 N–H and O–H groups in total. The van der Waals surface area contributed by atoms with Crippen LogP contribution in [0.5, 0.6) is 0 Å². The quantitative estimate of drug-likeness (QED) is 0.761. The lowest BCUT2D eigenvalue weighted by Gasteiger charge is -2.22. The summed E-state index contributed by atoms with van der Waals surface area (Å²) in [5, 5.41) is 4.45. The lowest BCUT2D eigenvalue weighted by molar-refractivity contribution is -0.148. The van der Waals surface area contributed by atoms with E-state index in [9.17, 15) is 4.79 Å². The van der Waals surface area contributed by atoms with Crippen LogP contribution in [0.4, 0.5) is 0 Å². The standard InChI is InChI=1S/C14H23N3O2/c1-4-17-12(9-11(3)15-17)10-16-8-6-7-13(16)14(18)19-5-2/h9,13H,4-8,10H2,1-3H3. The highest BCUT2D eigenvalue weighted by molar-refractivity contribution is 5.76. The maximum absolute atomic E-state index is 11.9. The Balaban J connectivity index is 2.06. The molecular formula is C14H23N3O2. The summed E-state index contributed by atoms with van der Waals surface area (Å²) in [5.41, 5.74) is 2.21. The maximum atomic E-state index is 11.9. The molecule has 19 heavy (non-hydrogen) atoms. The summed E-state index contributed by atoms with van der Waals surface area (Å²) in [5.74, 6) is -0.0840. The molecule has 0 spiro atoms. The molecule has 0 bridgehead atoms. The molecule has 1 aliphatic rings. The smallest absolute Gasteiger partial charge is 0.323 e. The van der Waals surface area contributed by atoms with E-state index in [0.717, 1.165) is 38.2 Å². The molecule has 0 saturated carbocycles. The van der Waals surface area contributed by atoms with Gasteiger partial charge in [-0.2, -0.15) is 5.10 Å². The predicted molar refractivity (Wildman–Crippen MR) is 72.7 cm³/mol. The highest BCUT2D eigenvalue weighted by Gasteiger charge is 2.32. The van der Waals surface area contributed by atoms with Crippen molar-refractivity contribution in [2.75, 3.05) is 13.2 Å². The number of esters is 1. The molecular weight excluding hydrogens is 242 g/mol. The maximum Gasteiger partial charge on any atom is 0.323 e. The fourth-order valence-corrected chi connectivity index (χ4v) is 2.73. The molecule has 1 fully saturated rings. The molecule has 0 radical (unpaired) electrons. The minimum Gasteiger partial charge on any atom is -0.465 e. The normalized spacial score (nSPS) is 19.8. The van der Waals surface area contributed by atoms with Gasteiger partial charge in [-0.3, -0.25) is 14.4 Å². The Morgan fingerprint density at radius 2 is 2.32 bits per heavy atom. The van der Waals surface area contributed by atoms with Crippen molar-refractivity contribution in [2.24, 2.45) is 0 Å². The lowest BCUT2D eigenvalue weighted by atomic mass is 10.2. The molecule has 1 aromatic heterocycles. The highest BCUT2D eigenvalue weighted by Crippen LogP contribution is 2.21. The number of ether oxygens (including phenoxy) is 1. The van der Waals surface area contributed by atoms with Crippen molar-refractivity contribution >= 4 is 5.97 Å². The van der Waals surface area contributed by atoms with E-state index in [2.05, 4.69) is 23.0 Å². The van der Waals surface area contributed by atoms with Gasteiger partial charge in [0.15, 0.2) is 0 Å². The van der Waals surface area contributed by atoms with E-state index in [0.29, 0.717) is 6.61 Å². The van der Waals surface area contributed by atoms with Gasteiger partial charge in [0.2, 0.25) is 0 Å². The summed E-state index contributed by atoms with van der Waals surface area (Å²) in [7, 11) is 0. The van der Waals surface area contributed by atoms with Gasteiger partial charge in [0.05, 0.1) is 18.0 Å². The Bertz CT molecular complexity index is 442. The van der Waals surface area contributed by atoms with Gasteiger partial charge in [0, 0.05) is 13.1 Å². The molecule has 5 heteroatoms. The first-order valence-corrected chi connectivity index (χ1v) is 7.09. The number of nitrogens with zero attached hydrogens (tertiary/aromatic N) is 3. The number of carbonyl (C=O) groups is 1. The Morgan fingerprint density at radius 3 is 3.00 bits per heavy atom. The van der Waals surface area contributed by atoms with E-state index >= 15 is 0 Å². The van der Waals surface area contributed by atoms with E-state index in [4.69, 9.17) is 4.74 Å². The molecule has 5 nitrogen and oxygen atoms in total. The first-order valence-electron chi connectivity index (χ1n) is 7.09. The summed E-state index contributed by atoms with van der Waals surface area (Å²) in [6.45, 7) is 8.99. The van der Waals surface area contributed by atoms with Gasteiger partial charge >= 0.3 is 5.97 Å². The van der Waals surface area contributed by atoms with E-state index in [1.807, 2.05) is 18.5 Å². The van der Waals surface area contributed by atoms with Crippen molar-refractivity contribution in [2.45, 2.75) is 52.7 Å². The second kappa shape index (κ2) is 6.19. The molecule has 106 valence electrons. The van der Waals surface area contributed by atoms with Crippen LogP contribution in [0, 0.1) is 6.92 Å². The van der Waals surface area contributed by atoms with Crippen LogP contribution in [-0.4, -0.2) is 39.8 Å². The van der Waals surface area contributed by atoms with Crippen molar-refractivity contribution < 1.29 is 9.53 Å². The van der Waals surface area contributed by atoms with Crippen LogP contribution in [0.1, 0.15) is 38.1 Å². The molecule has 1 atom stereocenters. The summed E-state index contributed by atoms with van der Waals surface area (Å²) in [6, 6.07) is 2.02. The summed E-state index contributed by atoms with van der Waals surface area (Å²) < 4.78 is 7.16. The number of rotatable bonds is 5. The van der Waals surface area contributed by atoms with Gasteiger partial charge in [-0.1, -0.05) is 0 Å². The molecule has 2 rings (SSSR count). The van der Waals surface area contributed by atoms with Gasteiger partial charge in [0.1, 0.15) is 6.04 Å². The van der Waals surface area contributed by atoms with E-state index in [1.54, 1.807) is 0 Å². The van der Waals surface area contributed by atoms with Crippen molar-refractivity contribution in [3.05, 3.63) is 17.5 Å². The monoisotopic (exact) mass is 265 g/mol. The second-order valence-corrected chi connectivity index (χ2v) is 4.97. The number of carbonyl (C=O) groups excluding carboxylic acids is 1. The highest BCUT2D eigenvalue weighted by atomic mass is 16.5. The SMILES string of the molecule is CCOC(=O)C1CCCN1Cc1cc(C)nn1CC. The van der Waals surface area contributed by atoms with Crippen LogP contribution in [0.3, 0.4) is 0 Å². The average molecular weight is 265 g/mol. The summed E-state index contributed by atoms with van der Waals surface area (Å²) in [4.78, 5) is 14.1.